The Kier molecular flexibility index (Phi) is 3.78. The summed E-state index contributed by atoms with van der Waals surface area (Å²) in [5.74, 6) is 0.929. The zero-order valence-electron chi connectivity index (χ0n) is 10.3. The fraction of sp³-hybridized carbons (Fsp3) is 0.500. The van der Waals surface area contributed by atoms with E-state index in [1.165, 1.54) is 5.56 Å². The highest BCUT2D eigenvalue weighted by atomic mass is 16.5. The van der Waals surface area contributed by atoms with Gasteiger partial charge in [-0.1, -0.05) is 19.4 Å². The van der Waals surface area contributed by atoms with Crippen LogP contribution in [0.4, 0.5) is 0 Å². The third-order valence-corrected chi connectivity index (χ3v) is 1.99. The highest BCUT2D eigenvalue weighted by molar-refractivity contribution is 5.36. The van der Waals surface area contributed by atoms with E-state index in [0.29, 0.717) is 0 Å². The van der Waals surface area contributed by atoms with Gasteiger partial charge in [-0.05, 0) is 57.4 Å². The average molecular weight is 205 g/mol. The Morgan fingerprint density at radius 1 is 1.20 bits per heavy atom. The van der Waals surface area contributed by atoms with Crippen LogP contribution in [-0.2, 0) is 6.42 Å². The van der Waals surface area contributed by atoms with Gasteiger partial charge in [-0.25, -0.2) is 0 Å². The summed E-state index contributed by atoms with van der Waals surface area (Å²) in [7, 11) is 0. The van der Waals surface area contributed by atoms with Gasteiger partial charge in [0, 0.05) is 0 Å². The monoisotopic (exact) mass is 205 g/mol. The van der Waals surface area contributed by atoms with Gasteiger partial charge >= 0.3 is 0 Å². The van der Waals surface area contributed by atoms with E-state index in [2.05, 4.69) is 46.8 Å². The first kappa shape index (κ1) is 12.1. The molecule has 0 N–H and O–H groups in total. The zero-order chi connectivity index (χ0) is 11.5. The SMILES string of the molecule is [CH2]c1cc(CCC)cc(OC(C)(C)C)c1. The van der Waals surface area contributed by atoms with Crippen LogP contribution in [0.2, 0.25) is 0 Å². The molecule has 83 valence electrons. The van der Waals surface area contributed by atoms with Crippen LogP contribution in [0.15, 0.2) is 18.2 Å². The molecule has 0 aliphatic heterocycles. The minimum absolute atomic E-state index is 0.142. The second kappa shape index (κ2) is 4.69. The molecule has 0 saturated heterocycles. The summed E-state index contributed by atoms with van der Waals surface area (Å²) in [5, 5.41) is 0. The second-order valence-electron chi connectivity index (χ2n) is 4.95. The molecule has 0 aliphatic rings. The van der Waals surface area contributed by atoms with E-state index in [1.54, 1.807) is 0 Å². The first-order chi connectivity index (χ1) is 6.90. The Balaban J connectivity index is 2.88. The molecule has 1 radical (unpaired) electrons. The maximum atomic E-state index is 5.83. The van der Waals surface area contributed by atoms with Crippen LogP contribution in [0.3, 0.4) is 0 Å². The standard InChI is InChI=1S/C14H21O/c1-6-7-12-8-11(2)9-13(10-12)15-14(3,4)5/h8-10H,2,6-7H2,1,3-5H3. The quantitative estimate of drug-likeness (QED) is 0.724. The van der Waals surface area contributed by atoms with Crippen molar-refractivity contribution < 1.29 is 4.74 Å². The lowest BCUT2D eigenvalue weighted by Crippen LogP contribution is -2.23. The first-order valence-electron chi connectivity index (χ1n) is 5.55. The Labute approximate surface area is 93.5 Å². The molecule has 0 atom stereocenters. The lowest BCUT2D eigenvalue weighted by molar-refractivity contribution is 0.131. The maximum Gasteiger partial charge on any atom is 0.120 e. The van der Waals surface area contributed by atoms with E-state index in [0.717, 1.165) is 24.2 Å². The van der Waals surface area contributed by atoms with Crippen molar-refractivity contribution in [2.75, 3.05) is 0 Å². The van der Waals surface area contributed by atoms with E-state index in [4.69, 9.17) is 4.74 Å². The summed E-state index contributed by atoms with van der Waals surface area (Å²) < 4.78 is 5.83. The van der Waals surface area contributed by atoms with Crippen LogP contribution >= 0.6 is 0 Å². The van der Waals surface area contributed by atoms with E-state index < -0.39 is 0 Å². The largest absolute Gasteiger partial charge is 0.488 e. The van der Waals surface area contributed by atoms with E-state index in [-0.39, 0.29) is 5.60 Å². The summed E-state index contributed by atoms with van der Waals surface area (Å²) in [5.41, 5.74) is 2.20. The smallest absolute Gasteiger partial charge is 0.120 e. The number of aryl methyl sites for hydroxylation is 1. The minimum atomic E-state index is -0.142. The van der Waals surface area contributed by atoms with Crippen molar-refractivity contribution in [2.45, 2.75) is 46.1 Å². The Hall–Kier alpha value is -0.980. The summed E-state index contributed by atoms with van der Waals surface area (Å²) in [6, 6.07) is 6.23. The normalized spacial score (nSPS) is 11.5. The van der Waals surface area contributed by atoms with Crippen LogP contribution in [0.1, 0.15) is 45.2 Å². The molecule has 0 aromatic heterocycles. The Bertz CT molecular complexity index is 321. The molecule has 1 aromatic carbocycles. The fourth-order valence-corrected chi connectivity index (χ4v) is 1.57. The lowest BCUT2D eigenvalue weighted by atomic mass is 10.1. The van der Waals surface area contributed by atoms with E-state index in [1.807, 2.05) is 6.07 Å². The van der Waals surface area contributed by atoms with Gasteiger partial charge in [0.2, 0.25) is 0 Å². The molecule has 0 heterocycles. The van der Waals surface area contributed by atoms with Gasteiger partial charge in [-0.2, -0.15) is 0 Å². The summed E-state index contributed by atoms with van der Waals surface area (Å²) in [6.07, 6.45) is 2.24. The first-order valence-corrected chi connectivity index (χ1v) is 5.55. The average Bonchev–Trinajstić information content (AvgIpc) is 1.99. The number of hydrogen-bond donors (Lipinski definition) is 0. The molecule has 0 spiro atoms. The van der Waals surface area contributed by atoms with Crippen molar-refractivity contribution in [1.29, 1.82) is 0 Å². The van der Waals surface area contributed by atoms with Gasteiger partial charge < -0.3 is 4.74 Å². The summed E-state index contributed by atoms with van der Waals surface area (Å²) in [4.78, 5) is 0. The second-order valence-corrected chi connectivity index (χ2v) is 4.95. The lowest BCUT2D eigenvalue weighted by Gasteiger charge is -2.22. The molecule has 0 amide bonds. The van der Waals surface area contributed by atoms with Gasteiger partial charge in [0.25, 0.3) is 0 Å². The third kappa shape index (κ3) is 4.37. The van der Waals surface area contributed by atoms with Crippen molar-refractivity contribution in [3.8, 4) is 5.75 Å². The van der Waals surface area contributed by atoms with Gasteiger partial charge in [0.05, 0.1) is 0 Å². The molecule has 0 aliphatic carbocycles. The summed E-state index contributed by atoms with van der Waals surface area (Å²) >= 11 is 0. The van der Waals surface area contributed by atoms with Crippen molar-refractivity contribution in [3.05, 3.63) is 36.2 Å². The molecule has 1 aromatic rings. The number of ether oxygens (including phenoxy) is 1. The molecular formula is C14H21O. The summed E-state index contributed by atoms with van der Waals surface area (Å²) in [6.45, 7) is 12.3. The van der Waals surface area contributed by atoms with E-state index in [9.17, 15) is 0 Å². The Morgan fingerprint density at radius 3 is 2.40 bits per heavy atom. The minimum Gasteiger partial charge on any atom is -0.488 e. The van der Waals surface area contributed by atoms with Crippen LogP contribution in [-0.4, -0.2) is 5.60 Å². The molecule has 0 unspecified atom stereocenters. The topological polar surface area (TPSA) is 9.23 Å². The van der Waals surface area contributed by atoms with Gasteiger partial charge in [-0.15, -0.1) is 0 Å². The zero-order valence-corrected chi connectivity index (χ0v) is 10.3. The highest BCUT2D eigenvalue weighted by Gasteiger charge is 2.12. The third-order valence-electron chi connectivity index (χ3n) is 1.99. The highest BCUT2D eigenvalue weighted by Crippen LogP contribution is 2.22. The van der Waals surface area contributed by atoms with Gasteiger partial charge in [0.1, 0.15) is 11.4 Å². The van der Waals surface area contributed by atoms with Crippen LogP contribution in [0.5, 0.6) is 5.75 Å². The van der Waals surface area contributed by atoms with E-state index >= 15 is 0 Å². The Morgan fingerprint density at radius 2 is 1.87 bits per heavy atom. The molecule has 1 nitrogen and oxygen atoms in total. The fourth-order valence-electron chi connectivity index (χ4n) is 1.57. The van der Waals surface area contributed by atoms with Crippen LogP contribution in [0, 0.1) is 6.92 Å². The van der Waals surface area contributed by atoms with Crippen LogP contribution in [0.25, 0.3) is 0 Å². The number of benzene rings is 1. The number of rotatable bonds is 3. The van der Waals surface area contributed by atoms with Gasteiger partial charge in [-0.3, -0.25) is 0 Å². The van der Waals surface area contributed by atoms with Crippen LogP contribution < -0.4 is 4.74 Å². The van der Waals surface area contributed by atoms with Crippen molar-refractivity contribution in [2.24, 2.45) is 0 Å². The van der Waals surface area contributed by atoms with Crippen molar-refractivity contribution in [3.63, 3.8) is 0 Å². The molecule has 1 rings (SSSR count). The molecule has 0 bridgehead atoms. The molecule has 1 heteroatoms. The predicted molar refractivity (Wildman–Crippen MR) is 65.3 cm³/mol. The van der Waals surface area contributed by atoms with Gasteiger partial charge in [0.15, 0.2) is 0 Å². The van der Waals surface area contributed by atoms with Crippen molar-refractivity contribution in [1.82, 2.24) is 0 Å². The number of hydrogen-bond acceptors (Lipinski definition) is 1. The molecule has 0 saturated carbocycles. The predicted octanol–water partition coefficient (Wildman–Crippen LogP) is 4.00. The van der Waals surface area contributed by atoms with Crippen molar-refractivity contribution >= 4 is 0 Å². The molecular weight excluding hydrogens is 184 g/mol. The maximum absolute atomic E-state index is 5.83. The molecule has 0 fully saturated rings. The molecule has 15 heavy (non-hydrogen) atoms.